The van der Waals surface area contributed by atoms with Gasteiger partial charge in [-0.3, -0.25) is 9.59 Å². The number of ether oxygens (including phenoxy) is 1. The van der Waals surface area contributed by atoms with Crippen LogP contribution in [0.25, 0.3) is 0 Å². The van der Waals surface area contributed by atoms with Crippen molar-refractivity contribution in [1.82, 2.24) is 4.90 Å². The van der Waals surface area contributed by atoms with Gasteiger partial charge in [0.2, 0.25) is 5.91 Å². The molecule has 0 aliphatic heterocycles. The zero-order valence-corrected chi connectivity index (χ0v) is 12.3. The Bertz CT molecular complexity index is 485. The highest BCUT2D eigenvalue weighted by atomic mass is 16.5. The first-order valence-corrected chi connectivity index (χ1v) is 6.54. The lowest BCUT2D eigenvalue weighted by Gasteiger charge is -2.20. The van der Waals surface area contributed by atoms with Gasteiger partial charge in [-0.15, -0.1) is 0 Å². The number of carboxylic acid groups (broad SMARTS) is 1. The molecule has 1 atom stereocenters. The predicted octanol–water partition coefficient (Wildman–Crippen LogP) is 2.15. The maximum absolute atomic E-state index is 11.9. The van der Waals surface area contributed by atoms with Crippen LogP contribution in [0.2, 0.25) is 0 Å². The van der Waals surface area contributed by atoms with Gasteiger partial charge in [-0.05, 0) is 38.5 Å². The van der Waals surface area contributed by atoms with Crippen molar-refractivity contribution in [3.8, 4) is 5.75 Å². The smallest absolute Gasteiger partial charge is 0.315 e. The topological polar surface area (TPSA) is 66.8 Å². The Labute approximate surface area is 119 Å². The van der Waals surface area contributed by atoms with Crippen LogP contribution >= 0.6 is 0 Å². The zero-order chi connectivity index (χ0) is 15.3. The van der Waals surface area contributed by atoms with Crippen LogP contribution in [0.4, 0.5) is 0 Å². The van der Waals surface area contributed by atoms with Gasteiger partial charge in [0.15, 0.2) is 0 Å². The van der Waals surface area contributed by atoms with E-state index in [9.17, 15) is 9.59 Å². The Balaban J connectivity index is 2.73. The third-order valence-electron chi connectivity index (χ3n) is 2.81. The van der Waals surface area contributed by atoms with Crippen molar-refractivity contribution in [3.63, 3.8) is 0 Å². The van der Waals surface area contributed by atoms with Crippen LogP contribution < -0.4 is 4.74 Å². The highest BCUT2D eigenvalue weighted by Gasteiger charge is 2.23. The van der Waals surface area contributed by atoms with Crippen LogP contribution in [-0.4, -0.2) is 35.0 Å². The van der Waals surface area contributed by atoms with Gasteiger partial charge in [0.1, 0.15) is 11.7 Å². The number of benzene rings is 1. The minimum absolute atomic E-state index is 0.0802. The fourth-order valence-electron chi connectivity index (χ4n) is 1.78. The molecule has 1 amide bonds. The van der Waals surface area contributed by atoms with Gasteiger partial charge in [-0.2, -0.15) is 0 Å². The molecule has 1 rings (SSSR count). The van der Waals surface area contributed by atoms with E-state index in [0.29, 0.717) is 6.54 Å². The van der Waals surface area contributed by atoms with Crippen LogP contribution in [-0.2, 0) is 16.1 Å². The van der Waals surface area contributed by atoms with Gasteiger partial charge in [-0.25, -0.2) is 0 Å². The number of hydrogen-bond acceptors (Lipinski definition) is 3. The molecule has 0 saturated heterocycles. The SMILES string of the molecule is CC(C)Oc1cccc(CN(C)C(=O)C(C)C(=O)O)c1. The van der Waals surface area contributed by atoms with Gasteiger partial charge < -0.3 is 14.7 Å². The zero-order valence-electron chi connectivity index (χ0n) is 12.3. The second kappa shape index (κ2) is 6.93. The minimum Gasteiger partial charge on any atom is -0.491 e. The third kappa shape index (κ3) is 4.57. The number of carbonyl (C=O) groups excluding carboxylic acids is 1. The van der Waals surface area contributed by atoms with E-state index in [1.165, 1.54) is 11.8 Å². The van der Waals surface area contributed by atoms with Gasteiger partial charge in [0.25, 0.3) is 0 Å². The van der Waals surface area contributed by atoms with E-state index in [0.717, 1.165) is 11.3 Å². The van der Waals surface area contributed by atoms with Crippen molar-refractivity contribution >= 4 is 11.9 Å². The van der Waals surface area contributed by atoms with Gasteiger partial charge in [0, 0.05) is 13.6 Å². The van der Waals surface area contributed by atoms with Crippen LogP contribution in [0.1, 0.15) is 26.3 Å². The molecular formula is C15H21NO4. The van der Waals surface area contributed by atoms with Crippen LogP contribution in [0.5, 0.6) is 5.75 Å². The fourth-order valence-corrected chi connectivity index (χ4v) is 1.78. The highest BCUT2D eigenvalue weighted by Crippen LogP contribution is 2.16. The molecule has 5 nitrogen and oxygen atoms in total. The van der Waals surface area contributed by atoms with E-state index in [1.54, 1.807) is 7.05 Å². The largest absolute Gasteiger partial charge is 0.491 e. The molecule has 1 unspecified atom stereocenters. The molecule has 0 radical (unpaired) electrons. The standard InChI is InChI=1S/C15H21NO4/c1-10(2)20-13-7-5-6-12(8-13)9-16(4)14(17)11(3)15(18)19/h5-8,10-11H,9H2,1-4H3,(H,18,19). The summed E-state index contributed by atoms with van der Waals surface area (Å²) < 4.78 is 5.59. The molecular weight excluding hydrogens is 258 g/mol. The molecule has 1 aromatic carbocycles. The van der Waals surface area contributed by atoms with E-state index in [1.807, 2.05) is 38.1 Å². The average Bonchev–Trinajstić information content (AvgIpc) is 2.36. The van der Waals surface area contributed by atoms with E-state index < -0.39 is 17.8 Å². The molecule has 0 aliphatic rings. The average molecular weight is 279 g/mol. The molecule has 0 heterocycles. The van der Waals surface area contributed by atoms with Crippen molar-refractivity contribution in [3.05, 3.63) is 29.8 Å². The summed E-state index contributed by atoms with van der Waals surface area (Å²) >= 11 is 0. The number of hydrogen-bond donors (Lipinski definition) is 1. The summed E-state index contributed by atoms with van der Waals surface area (Å²) in [5.74, 6) is -1.81. The van der Waals surface area contributed by atoms with E-state index >= 15 is 0 Å². The Hall–Kier alpha value is -2.04. The van der Waals surface area contributed by atoms with Crippen LogP contribution in [0, 0.1) is 5.92 Å². The maximum atomic E-state index is 11.9. The Kier molecular flexibility index (Phi) is 5.55. The molecule has 0 aliphatic carbocycles. The number of carbonyl (C=O) groups is 2. The molecule has 0 aromatic heterocycles. The van der Waals surface area contributed by atoms with Crippen molar-refractivity contribution in [2.75, 3.05) is 7.05 Å². The second-order valence-electron chi connectivity index (χ2n) is 5.07. The number of rotatable bonds is 6. The lowest BCUT2D eigenvalue weighted by Crippen LogP contribution is -2.34. The minimum atomic E-state index is -1.11. The normalized spacial score (nSPS) is 12.1. The highest BCUT2D eigenvalue weighted by molar-refractivity contribution is 5.96. The number of nitrogens with zero attached hydrogens (tertiary/aromatic N) is 1. The van der Waals surface area contributed by atoms with Gasteiger partial charge in [-0.1, -0.05) is 12.1 Å². The summed E-state index contributed by atoms with van der Waals surface area (Å²) in [6.45, 7) is 5.62. The summed E-state index contributed by atoms with van der Waals surface area (Å²) in [5.41, 5.74) is 0.900. The fraction of sp³-hybridized carbons (Fsp3) is 0.467. The van der Waals surface area contributed by atoms with E-state index in [4.69, 9.17) is 9.84 Å². The molecule has 1 N–H and O–H groups in total. The Morgan fingerprint density at radius 2 is 1.95 bits per heavy atom. The van der Waals surface area contributed by atoms with Crippen LogP contribution in [0.15, 0.2) is 24.3 Å². The predicted molar refractivity (Wildman–Crippen MR) is 75.5 cm³/mol. The summed E-state index contributed by atoms with van der Waals surface area (Å²) in [6, 6.07) is 7.44. The van der Waals surface area contributed by atoms with Crippen LogP contribution in [0.3, 0.4) is 0 Å². The molecule has 0 saturated carbocycles. The van der Waals surface area contributed by atoms with Crippen molar-refractivity contribution in [2.45, 2.75) is 33.4 Å². The second-order valence-corrected chi connectivity index (χ2v) is 5.07. The summed E-state index contributed by atoms with van der Waals surface area (Å²) in [5, 5.41) is 8.84. The Morgan fingerprint density at radius 3 is 2.50 bits per heavy atom. The van der Waals surface area contributed by atoms with Crippen molar-refractivity contribution < 1.29 is 19.4 Å². The monoisotopic (exact) mass is 279 g/mol. The summed E-state index contributed by atoms with van der Waals surface area (Å²) in [4.78, 5) is 24.1. The Morgan fingerprint density at radius 1 is 1.30 bits per heavy atom. The van der Waals surface area contributed by atoms with E-state index in [2.05, 4.69) is 0 Å². The quantitative estimate of drug-likeness (QED) is 0.810. The molecule has 5 heteroatoms. The molecule has 0 bridgehead atoms. The maximum Gasteiger partial charge on any atom is 0.315 e. The number of amides is 1. The third-order valence-corrected chi connectivity index (χ3v) is 2.81. The molecule has 0 fully saturated rings. The summed E-state index contributed by atoms with van der Waals surface area (Å²) in [6.07, 6.45) is 0.0802. The lowest BCUT2D eigenvalue weighted by molar-refractivity contribution is -0.149. The molecule has 0 spiro atoms. The molecule has 20 heavy (non-hydrogen) atoms. The number of aliphatic carboxylic acids is 1. The molecule has 1 aromatic rings. The first-order chi connectivity index (χ1) is 9.31. The van der Waals surface area contributed by atoms with Crippen molar-refractivity contribution in [1.29, 1.82) is 0 Å². The van der Waals surface area contributed by atoms with Gasteiger partial charge in [0.05, 0.1) is 6.10 Å². The lowest BCUT2D eigenvalue weighted by atomic mass is 10.1. The molecule has 110 valence electrons. The van der Waals surface area contributed by atoms with Gasteiger partial charge >= 0.3 is 5.97 Å². The number of carboxylic acids is 1. The first-order valence-electron chi connectivity index (χ1n) is 6.54. The van der Waals surface area contributed by atoms with E-state index in [-0.39, 0.29) is 6.10 Å². The van der Waals surface area contributed by atoms with Crippen molar-refractivity contribution in [2.24, 2.45) is 5.92 Å². The first kappa shape index (κ1) is 16.0. The summed E-state index contributed by atoms with van der Waals surface area (Å²) in [7, 11) is 1.59.